The van der Waals surface area contributed by atoms with Gasteiger partial charge in [-0.15, -0.1) is 0 Å². The van der Waals surface area contributed by atoms with Crippen molar-refractivity contribution >= 4 is 23.6 Å². The number of aromatic amines is 1. The molecule has 8 heteroatoms. The lowest BCUT2D eigenvalue weighted by Gasteiger charge is -2.33. The summed E-state index contributed by atoms with van der Waals surface area (Å²) in [7, 11) is 0. The highest BCUT2D eigenvalue weighted by Gasteiger charge is 2.40. The van der Waals surface area contributed by atoms with Crippen LogP contribution >= 0.6 is 11.8 Å². The molecule has 3 heterocycles. The largest absolute Gasteiger partial charge is 0.444 e. The number of imidazole rings is 1. The minimum absolute atomic E-state index is 0.0606. The second-order valence-electron chi connectivity index (χ2n) is 12.4. The number of nitrogens with zero attached hydrogens (tertiary/aromatic N) is 2. The summed E-state index contributed by atoms with van der Waals surface area (Å²) in [6, 6.07) is 17.8. The molecule has 0 spiro atoms. The normalized spacial score (nSPS) is 21.9. The number of rotatable bonds is 8. The van der Waals surface area contributed by atoms with Crippen LogP contribution in [0.3, 0.4) is 0 Å². The van der Waals surface area contributed by atoms with Crippen LogP contribution in [0.25, 0.3) is 28.1 Å². The minimum atomic E-state index is -0.512. The van der Waals surface area contributed by atoms with E-state index in [4.69, 9.17) is 4.74 Å². The molecule has 224 valence electrons. The second kappa shape index (κ2) is 13.0. The molecule has 7 nitrogen and oxygen atoms in total. The van der Waals surface area contributed by atoms with Gasteiger partial charge in [0.2, 0.25) is 0 Å². The Morgan fingerprint density at radius 1 is 1.12 bits per heavy atom. The van der Waals surface area contributed by atoms with Crippen molar-refractivity contribution in [1.29, 1.82) is 0 Å². The van der Waals surface area contributed by atoms with Gasteiger partial charge in [0.1, 0.15) is 11.4 Å². The molecule has 0 saturated carbocycles. The van der Waals surface area contributed by atoms with Crippen LogP contribution in [-0.4, -0.2) is 63.2 Å². The number of hydrogen-bond donors (Lipinski definition) is 3. The predicted octanol–water partition coefficient (Wildman–Crippen LogP) is 7.25. The second-order valence-corrected chi connectivity index (χ2v) is 13.6. The fraction of sp³-hybridized carbons (Fsp3) is 0.471. The summed E-state index contributed by atoms with van der Waals surface area (Å²) in [5, 5.41) is 7.62. The van der Waals surface area contributed by atoms with Crippen LogP contribution in [-0.2, 0) is 4.74 Å². The highest BCUT2D eigenvalue weighted by atomic mass is 32.2. The maximum atomic E-state index is 13.0. The molecule has 2 fully saturated rings. The summed E-state index contributed by atoms with van der Waals surface area (Å²) in [4.78, 5) is 23.1. The monoisotopic (exact) mass is 587 g/mol. The van der Waals surface area contributed by atoms with Crippen molar-refractivity contribution in [2.24, 2.45) is 0 Å². The molecule has 1 unspecified atom stereocenters. The van der Waals surface area contributed by atoms with Crippen LogP contribution < -0.4 is 10.6 Å². The first-order valence-corrected chi connectivity index (χ1v) is 16.4. The molecule has 5 rings (SSSR count). The van der Waals surface area contributed by atoms with Crippen LogP contribution in [0.1, 0.15) is 71.3 Å². The Bertz CT molecular complexity index is 1370. The molecular formula is C34H45N5O2S. The lowest BCUT2D eigenvalue weighted by Crippen LogP contribution is -2.48. The van der Waals surface area contributed by atoms with Crippen LogP contribution in [0.2, 0.25) is 0 Å². The number of benzene rings is 2. The molecule has 1 amide bonds. The number of ether oxygens (including phenoxy) is 1. The van der Waals surface area contributed by atoms with Gasteiger partial charge in [0.25, 0.3) is 0 Å². The quantitative estimate of drug-likeness (QED) is 0.258. The van der Waals surface area contributed by atoms with Gasteiger partial charge in [0.15, 0.2) is 0 Å². The van der Waals surface area contributed by atoms with Crippen molar-refractivity contribution in [3.63, 3.8) is 0 Å². The van der Waals surface area contributed by atoms with Gasteiger partial charge in [-0.2, -0.15) is 11.8 Å². The molecule has 0 bridgehead atoms. The van der Waals surface area contributed by atoms with Crippen molar-refractivity contribution in [1.82, 2.24) is 25.5 Å². The third-order valence-corrected chi connectivity index (χ3v) is 9.23. The fourth-order valence-electron chi connectivity index (χ4n) is 5.94. The van der Waals surface area contributed by atoms with E-state index in [0.717, 1.165) is 47.7 Å². The Balaban J connectivity index is 1.24. The Morgan fingerprint density at radius 2 is 1.79 bits per heavy atom. The standard InChI is InChI=1S/C34H45N5O2S/c1-7-28(37-22(2)31-19-27(42-6)21-39(31)33(40)41-34(3,4)5)25-14-10-23(11-15-25)24-12-16-26(17-13-24)30-20-36-32(38-30)29-9-8-18-35-29/h7,10-17,20,22,27,29,31,35,37H,8-9,18-19,21H2,1-6H3,(H,36,38)/b28-7-/t22?,27-,29-,31-/m0/s1. The summed E-state index contributed by atoms with van der Waals surface area (Å²) >= 11 is 1.82. The molecule has 2 aliphatic rings. The Hall–Kier alpha value is -3.23. The van der Waals surface area contributed by atoms with Crippen molar-refractivity contribution in [3.8, 4) is 22.4 Å². The maximum Gasteiger partial charge on any atom is 0.410 e. The highest BCUT2D eigenvalue weighted by molar-refractivity contribution is 7.99. The van der Waals surface area contributed by atoms with E-state index in [1.807, 2.05) is 43.6 Å². The molecule has 4 atom stereocenters. The van der Waals surface area contributed by atoms with Crippen molar-refractivity contribution in [2.75, 3.05) is 19.3 Å². The van der Waals surface area contributed by atoms with E-state index in [9.17, 15) is 4.79 Å². The van der Waals surface area contributed by atoms with E-state index in [2.05, 4.69) is 95.3 Å². The van der Waals surface area contributed by atoms with Crippen LogP contribution in [0.5, 0.6) is 0 Å². The molecule has 2 aliphatic heterocycles. The third-order valence-electron chi connectivity index (χ3n) is 8.23. The van der Waals surface area contributed by atoms with Crippen LogP contribution in [0.4, 0.5) is 4.79 Å². The van der Waals surface area contributed by atoms with Gasteiger partial charge < -0.3 is 25.3 Å². The first kappa shape index (κ1) is 30.2. The van der Waals surface area contributed by atoms with Gasteiger partial charge in [0.05, 0.1) is 24.0 Å². The Kier molecular flexibility index (Phi) is 9.33. The molecule has 0 aliphatic carbocycles. The minimum Gasteiger partial charge on any atom is -0.444 e. The van der Waals surface area contributed by atoms with Gasteiger partial charge >= 0.3 is 6.09 Å². The Labute approximate surface area is 254 Å². The van der Waals surface area contributed by atoms with E-state index >= 15 is 0 Å². The SMILES string of the molecule is C/C=C(\NC(C)[C@@H]1C[C@H](SC)CN1C(=O)OC(C)(C)C)c1ccc(-c2ccc(-c3cnc([C@@H]4CCCN4)[nH]3)cc2)cc1. The maximum absolute atomic E-state index is 13.0. The third kappa shape index (κ3) is 7.04. The van der Waals surface area contributed by atoms with Gasteiger partial charge in [-0.1, -0.05) is 54.6 Å². The van der Waals surface area contributed by atoms with Gasteiger partial charge in [-0.05, 0) is 88.9 Å². The van der Waals surface area contributed by atoms with Crippen LogP contribution in [0, 0.1) is 0 Å². The number of likely N-dealkylation sites (tertiary alicyclic amines) is 1. The highest BCUT2D eigenvalue weighted by Crippen LogP contribution is 2.31. The number of carbonyl (C=O) groups excluding carboxylic acids is 1. The molecule has 0 radical (unpaired) electrons. The first-order valence-electron chi connectivity index (χ1n) is 15.1. The zero-order chi connectivity index (χ0) is 29.9. The topological polar surface area (TPSA) is 82.3 Å². The van der Waals surface area contributed by atoms with Gasteiger partial charge in [0, 0.05) is 23.5 Å². The summed E-state index contributed by atoms with van der Waals surface area (Å²) in [6.45, 7) is 11.7. The number of carbonyl (C=O) groups is 1. The van der Waals surface area contributed by atoms with Crippen molar-refractivity contribution in [3.05, 3.63) is 72.2 Å². The van der Waals surface area contributed by atoms with Crippen molar-refractivity contribution < 1.29 is 9.53 Å². The number of H-pyrrole nitrogens is 1. The Morgan fingerprint density at radius 3 is 2.38 bits per heavy atom. The number of thioether (sulfide) groups is 1. The molecule has 1 aromatic heterocycles. The average Bonchev–Trinajstić information content (AvgIpc) is 3.76. The lowest BCUT2D eigenvalue weighted by atomic mass is 10.00. The molecule has 3 aromatic rings. The number of amides is 1. The zero-order valence-electron chi connectivity index (χ0n) is 25.7. The lowest BCUT2D eigenvalue weighted by molar-refractivity contribution is 0.0205. The number of hydrogen-bond acceptors (Lipinski definition) is 6. The first-order chi connectivity index (χ1) is 20.1. The summed E-state index contributed by atoms with van der Waals surface area (Å²) in [6.07, 6.45) is 9.21. The number of nitrogens with one attached hydrogen (secondary N) is 3. The molecular weight excluding hydrogens is 542 g/mol. The van der Waals surface area contributed by atoms with E-state index in [0.29, 0.717) is 17.8 Å². The molecule has 42 heavy (non-hydrogen) atoms. The number of aromatic nitrogens is 2. The smallest absolute Gasteiger partial charge is 0.410 e. The summed E-state index contributed by atoms with van der Waals surface area (Å²) < 4.78 is 5.75. The van der Waals surface area contributed by atoms with Gasteiger partial charge in [-0.25, -0.2) is 9.78 Å². The molecule has 2 saturated heterocycles. The van der Waals surface area contributed by atoms with Gasteiger partial charge in [-0.3, -0.25) is 0 Å². The summed E-state index contributed by atoms with van der Waals surface area (Å²) in [5.74, 6) is 1.03. The zero-order valence-corrected chi connectivity index (χ0v) is 26.6. The van der Waals surface area contributed by atoms with Crippen LogP contribution in [0.15, 0.2) is 60.8 Å². The van der Waals surface area contributed by atoms with Crippen molar-refractivity contribution in [2.45, 2.75) is 82.9 Å². The average molecular weight is 588 g/mol. The fourth-order valence-corrected chi connectivity index (χ4v) is 6.64. The van der Waals surface area contributed by atoms with E-state index in [-0.39, 0.29) is 18.2 Å². The number of allylic oxidation sites excluding steroid dienone is 1. The van der Waals surface area contributed by atoms with E-state index in [1.165, 1.54) is 17.5 Å². The molecule has 3 N–H and O–H groups in total. The molecule has 2 aromatic carbocycles. The van der Waals surface area contributed by atoms with E-state index in [1.54, 1.807) is 0 Å². The predicted molar refractivity (Wildman–Crippen MR) is 174 cm³/mol. The van der Waals surface area contributed by atoms with E-state index < -0.39 is 5.60 Å². The summed E-state index contributed by atoms with van der Waals surface area (Å²) in [5.41, 5.74) is 6.21.